The summed E-state index contributed by atoms with van der Waals surface area (Å²) in [4.78, 5) is 23.7. The highest BCUT2D eigenvalue weighted by Gasteiger charge is 2.19. The average Bonchev–Trinajstić information content (AvgIpc) is 2.48. The Morgan fingerprint density at radius 2 is 1.82 bits per heavy atom. The first-order chi connectivity index (χ1) is 10.5. The van der Waals surface area contributed by atoms with E-state index in [2.05, 4.69) is 25.1 Å². The number of carbonyl (C=O) groups excluding carboxylic acids is 1. The van der Waals surface area contributed by atoms with Crippen LogP contribution < -0.4 is 5.56 Å². The maximum atomic E-state index is 12.4. The molecule has 0 N–H and O–H groups in total. The highest BCUT2D eigenvalue weighted by molar-refractivity contribution is 5.83. The van der Waals surface area contributed by atoms with Crippen molar-refractivity contribution >= 4 is 16.7 Å². The summed E-state index contributed by atoms with van der Waals surface area (Å²) in [6, 6.07) is 8.04. The standard InChI is InChI=1S/C19H23NO2/c1-13-3-8-17-14(2)12-19(22)20(18(17)11-13)10-9-15-4-6-16(21)7-5-15/h3,8,11-12,15H,4-7,9-10H2,1-2H3. The molecule has 0 atom stereocenters. The number of Topliss-reactive ketones (excluding diaryl/α,β-unsaturated/α-hetero) is 1. The van der Waals surface area contributed by atoms with Crippen molar-refractivity contribution in [3.8, 4) is 0 Å². The van der Waals surface area contributed by atoms with Gasteiger partial charge in [0.05, 0.1) is 5.52 Å². The Morgan fingerprint density at radius 3 is 2.55 bits per heavy atom. The Bertz CT molecular complexity index is 763. The SMILES string of the molecule is Cc1ccc2c(C)cc(=O)n(CCC3CCC(=O)CC3)c2c1. The van der Waals surface area contributed by atoms with E-state index in [0.29, 0.717) is 24.5 Å². The summed E-state index contributed by atoms with van der Waals surface area (Å²) in [5.41, 5.74) is 3.34. The molecule has 1 aliphatic carbocycles. The highest BCUT2D eigenvalue weighted by atomic mass is 16.1. The second-order valence-corrected chi connectivity index (χ2v) is 6.61. The summed E-state index contributed by atoms with van der Waals surface area (Å²) in [5, 5.41) is 1.16. The number of benzene rings is 1. The van der Waals surface area contributed by atoms with Crippen molar-refractivity contribution in [1.29, 1.82) is 0 Å². The summed E-state index contributed by atoms with van der Waals surface area (Å²) in [6.07, 6.45) is 4.38. The zero-order valence-electron chi connectivity index (χ0n) is 13.4. The van der Waals surface area contributed by atoms with Crippen LogP contribution in [0.3, 0.4) is 0 Å². The molecule has 3 rings (SSSR count). The molecule has 0 amide bonds. The van der Waals surface area contributed by atoms with Crippen LogP contribution in [-0.4, -0.2) is 10.4 Å². The number of hydrogen-bond acceptors (Lipinski definition) is 2. The Labute approximate surface area is 131 Å². The largest absolute Gasteiger partial charge is 0.308 e. The number of fused-ring (bicyclic) bond motifs is 1. The number of hydrogen-bond donors (Lipinski definition) is 0. The van der Waals surface area contributed by atoms with Crippen LogP contribution in [0, 0.1) is 19.8 Å². The summed E-state index contributed by atoms with van der Waals surface area (Å²) in [7, 11) is 0. The monoisotopic (exact) mass is 297 g/mol. The van der Waals surface area contributed by atoms with Crippen molar-refractivity contribution in [3.63, 3.8) is 0 Å². The summed E-state index contributed by atoms with van der Waals surface area (Å²) >= 11 is 0. The van der Waals surface area contributed by atoms with Gasteiger partial charge in [0, 0.05) is 30.8 Å². The van der Waals surface area contributed by atoms with E-state index in [1.807, 2.05) is 11.5 Å². The molecular weight excluding hydrogens is 274 g/mol. The fourth-order valence-electron chi connectivity index (χ4n) is 3.49. The molecule has 1 aromatic heterocycles. The number of ketones is 1. The number of rotatable bonds is 3. The van der Waals surface area contributed by atoms with Crippen LogP contribution in [0.5, 0.6) is 0 Å². The van der Waals surface area contributed by atoms with Crippen LogP contribution >= 0.6 is 0 Å². The van der Waals surface area contributed by atoms with Gasteiger partial charge in [-0.3, -0.25) is 9.59 Å². The van der Waals surface area contributed by atoms with Gasteiger partial charge in [0.15, 0.2) is 0 Å². The first-order valence-electron chi connectivity index (χ1n) is 8.17. The maximum absolute atomic E-state index is 12.4. The molecule has 0 aliphatic heterocycles. The normalized spacial score (nSPS) is 16.4. The molecule has 3 nitrogen and oxygen atoms in total. The lowest BCUT2D eigenvalue weighted by atomic mass is 9.86. The second-order valence-electron chi connectivity index (χ2n) is 6.61. The number of aromatic nitrogens is 1. The zero-order chi connectivity index (χ0) is 15.7. The van der Waals surface area contributed by atoms with Crippen molar-refractivity contribution in [3.05, 3.63) is 45.7 Å². The molecule has 1 saturated carbocycles. The lowest BCUT2D eigenvalue weighted by Gasteiger charge is -2.22. The number of pyridine rings is 1. The fraction of sp³-hybridized carbons (Fsp3) is 0.474. The van der Waals surface area contributed by atoms with Gasteiger partial charge in [-0.25, -0.2) is 0 Å². The third kappa shape index (κ3) is 2.99. The van der Waals surface area contributed by atoms with E-state index in [0.717, 1.165) is 42.3 Å². The molecule has 2 aromatic rings. The quantitative estimate of drug-likeness (QED) is 0.865. The van der Waals surface area contributed by atoms with Gasteiger partial charge in [0.2, 0.25) is 0 Å². The fourth-order valence-corrected chi connectivity index (χ4v) is 3.49. The van der Waals surface area contributed by atoms with E-state index in [1.54, 1.807) is 6.07 Å². The first kappa shape index (κ1) is 15.0. The third-order valence-electron chi connectivity index (χ3n) is 4.90. The highest BCUT2D eigenvalue weighted by Crippen LogP contribution is 2.25. The molecule has 0 saturated heterocycles. The van der Waals surface area contributed by atoms with Crippen LogP contribution in [0.4, 0.5) is 0 Å². The minimum atomic E-state index is 0.0856. The zero-order valence-corrected chi connectivity index (χ0v) is 13.4. The number of aryl methyl sites for hydroxylation is 3. The molecule has 0 radical (unpaired) electrons. The second kappa shape index (κ2) is 6.07. The Morgan fingerprint density at radius 1 is 1.09 bits per heavy atom. The smallest absolute Gasteiger partial charge is 0.251 e. The van der Waals surface area contributed by atoms with E-state index in [9.17, 15) is 9.59 Å². The van der Waals surface area contributed by atoms with Crippen LogP contribution in [0.1, 0.15) is 43.2 Å². The summed E-state index contributed by atoms with van der Waals surface area (Å²) < 4.78 is 1.91. The van der Waals surface area contributed by atoms with Crippen molar-refractivity contribution < 1.29 is 4.79 Å². The van der Waals surface area contributed by atoms with Gasteiger partial charge in [-0.05, 0) is 56.2 Å². The van der Waals surface area contributed by atoms with Gasteiger partial charge in [0.1, 0.15) is 5.78 Å². The van der Waals surface area contributed by atoms with Crippen molar-refractivity contribution in [2.75, 3.05) is 0 Å². The molecule has 1 aliphatic rings. The lowest BCUT2D eigenvalue weighted by Crippen LogP contribution is -2.23. The lowest BCUT2D eigenvalue weighted by molar-refractivity contribution is -0.121. The Kier molecular flexibility index (Phi) is 4.14. The maximum Gasteiger partial charge on any atom is 0.251 e. The summed E-state index contributed by atoms with van der Waals surface area (Å²) in [5.74, 6) is 0.968. The molecule has 0 spiro atoms. The molecule has 22 heavy (non-hydrogen) atoms. The first-order valence-corrected chi connectivity index (χ1v) is 8.17. The van der Waals surface area contributed by atoms with Gasteiger partial charge in [-0.2, -0.15) is 0 Å². The Balaban J connectivity index is 1.88. The van der Waals surface area contributed by atoms with Crippen molar-refractivity contribution in [1.82, 2.24) is 4.57 Å². The van der Waals surface area contributed by atoms with Gasteiger partial charge < -0.3 is 4.57 Å². The van der Waals surface area contributed by atoms with E-state index in [-0.39, 0.29) is 5.56 Å². The van der Waals surface area contributed by atoms with Crippen molar-refractivity contribution in [2.45, 2.75) is 52.5 Å². The van der Waals surface area contributed by atoms with E-state index >= 15 is 0 Å². The average molecular weight is 297 g/mol. The van der Waals surface area contributed by atoms with Gasteiger partial charge in [-0.1, -0.05) is 12.1 Å². The van der Waals surface area contributed by atoms with Gasteiger partial charge >= 0.3 is 0 Å². The summed E-state index contributed by atoms with van der Waals surface area (Å²) in [6.45, 7) is 4.80. The Hall–Kier alpha value is -1.90. The topological polar surface area (TPSA) is 39.1 Å². The van der Waals surface area contributed by atoms with Gasteiger partial charge in [-0.15, -0.1) is 0 Å². The molecule has 0 unspecified atom stereocenters. The van der Waals surface area contributed by atoms with Gasteiger partial charge in [0.25, 0.3) is 5.56 Å². The van der Waals surface area contributed by atoms with Crippen molar-refractivity contribution in [2.24, 2.45) is 5.92 Å². The predicted molar refractivity (Wildman–Crippen MR) is 89.3 cm³/mol. The molecule has 1 fully saturated rings. The van der Waals surface area contributed by atoms with E-state index in [1.165, 1.54) is 5.56 Å². The van der Waals surface area contributed by atoms with Crippen LogP contribution in [0.15, 0.2) is 29.1 Å². The van der Waals surface area contributed by atoms with Crippen LogP contribution in [0.2, 0.25) is 0 Å². The molecular formula is C19H23NO2. The van der Waals surface area contributed by atoms with E-state index < -0.39 is 0 Å². The van der Waals surface area contributed by atoms with Crippen LogP contribution in [-0.2, 0) is 11.3 Å². The predicted octanol–water partition coefficient (Wildman–Crippen LogP) is 3.77. The van der Waals surface area contributed by atoms with E-state index in [4.69, 9.17) is 0 Å². The number of nitrogens with zero attached hydrogens (tertiary/aromatic N) is 1. The molecule has 0 bridgehead atoms. The number of carbonyl (C=O) groups is 1. The molecule has 3 heteroatoms. The third-order valence-corrected chi connectivity index (χ3v) is 4.90. The minimum absolute atomic E-state index is 0.0856. The van der Waals surface area contributed by atoms with Crippen LogP contribution in [0.25, 0.3) is 10.9 Å². The molecule has 1 aromatic carbocycles. The molecule has 1 heterocycles. The molecule has 116 valence electrons. The minimum Gasteiger partial charge on any atom is -0.308 e.